The van der Waals surface area contributed by atoms with Gasteiger partial charge in [0.1, 0.15) is 0 Å². The Bertz CT molecular complexity index is 1030. The molecule has 0 bridgehead atoms. The number of hydrogen-bond donors (Lipinski definition) is 2. The molecule has 2 aromatic carbocycles. The fourth-order valence-corrected chi connectivity index (χ4v) is 4.44. The van der Waals surface area contributed by atoms with Crippen LogP contribution >= 0.6 is 11.6 Å². The molecule has 2 N–H and O–H groups in total. The van der Waals surface area contributed by atoms with Gasteiger partial charge in [0.25, 0.3) is 0 Å². The summed E-state index contributed by atoms with van der Waals surface area (Å²) in [6, 6.07) is 14.6. The molecule has 27 heavy (non-hydrogen) atoms. The molecule has 0 aliphatic carbocycles. The summed E-state index contributed by atoms with van der Waals surface area (Å²) in [7, 11) is -3.31. The number of H-pyrrole nitrogens is 1. The molecule has 0 fully saturated rings. The number of amides is 1. The maximum absolute atomic E-state index is 12.1. The minimum Gasteiger partial charge on any atom is -0.361 e. The summed E-state index contributed by atoms with van der Waals surface area (Å²) >= 11 is 6.03. The van der Waals surface area contributed by atoms with Crippen molar-refractivity contribution in [3.05, 3.63) is 70.9 Å². The van der Waals surface area contributed by atoms with Crippen LogP contribution in [0, 0.1) is 0 Å². The van der Waals surface area contributed by atoms with Crippen LogP contribution in [0.4, 0.5) is 0 Å². The maximum Gasteiger partial charge on any atom is 0.221 e. The van der Waals surface area contributed by atoms with Crippen LogP contribution in [0.2, 0.25) is 5.02 Å². The Hall–Kier alpha value is -2.31. The number of carbonyl (C=O) groups is 1. The fraction of sp³-hybridized carbons (Fsp3) is 0.250. The summed E-state index contributed by atoms with van der Waals surface area (Å²) in [6.45, 7) is 0.442. The third-order valence-electron chi connectivity index (χ3n) is 4.32. The van der Waals surface area contributed by atoms with Crippen LogP contribution in [0.1, 0.15) is 17.5 Å². The standard InChI is InChI=1S/C20H21ClN2O3S/c21-17-6-7-19-18(12-17)16(13-23-19)8-10-22-20(24)9-11-27(25,26)14-15-4-2-1-3-5-15/h1-7,12-13,23H,8-11,14H2,(H,22,24). The van der Waals surface area contributed by atoms with Crippen molar-refractivity contribution in [1.82, 2.24) is 10.3 Å². The average molecular weight is 405 g/mol. The molecule has 7 heteroatoms. The number of sulfone groups is 1. The predicted molar refractivity (Wildman–Crippen MR) is 109 cm³/mol. The zero-order valence-electron chi connectivity index (χ0n) is 14.7. The summed E-state index contributed by atoms with van der Waals surface area (Å²) < 4.78 is 24.3. The van der Waals surface area contributed by atoms with Crippen molar-refractivity contribution < 1.29 is 13.2 Å². The quantitative estimate of drug-likeness (QED) is 0.603. The van der Waals surface area contributed by atoms with Crippen LogP contribution < -0.4 is 5.32 Å². The van der Waals surface area contributed by atoms with E-state index < -0.39 is 9.84 Å². The van der Waals surface area contributed by atoms with Crippen molar-refractivity contribution >= 4 is 38.2 Å². The highest BCUT2D eigenvalue weighted by molar-refractivity contribution is 7.90. The first kappa shape index (κ1) is 19.5. The Balaban J connectivity index is 1.46. The summed E-state index contributed by atoms with van der Waals surface area (Å²) in [5.74, 6) is -0.460. The molecule has 0 saturated heterocycles. The number of halogens is 1. The predicted octanol–water partition coefficient (Wildman–Crippen LogP) is 3.49. The largest absolute Gasteiger partial charge is 0.361 e. The van der Waals surface area contributed by atoms with E-state index in [9.17, 15) is 13.2 Å². The van der Waals surface area contributed by atoms with Crippen LogP contribution in [0.25, 0.3) is 10.9 Å². The van der Waals surface area contributed by atoms with Gasteiger partial charge in [0, 0.05) is 35.1 Å². The fourth-order valence-electron chi connectivity index (χ4n) is 2.93. The zero-order chi connectivity index (χ0) is 19.3. The molecule has 142 valence electrons. The number of carbonyl (C=O) groups excluding carboxylic acids is 1. The lowest BCUT2D eigenvalue weighted by Crippen LogP contribution is -2.27. The number of hydrogen-bond acceptors (Lipinski definition) is 3. The van der Waals surface area contributed by atoms with Crippen molar-refractivity contribution in [2.45, 2.75) is 18.6 Å². The normalized spacial score (nSPS) is 11.6. The van der Waals surface area contributed by atoms with E-state index in [1.165, 1.54) is 0 Å². The Labute approximate surface area is 163 Å². The van der Waals surface area contributed by atoms with Crippen molar-refractivity contribution in [2.24, 2.45) is 0 Å². The minimum atomic E-state index is -3.31. The molecular weight excluding hydrogens is 384 g/mol. The highest BCUT2D eigenvalue weighted by Crippen LogP contribution is 2.22. The van der Waals surface area contributed by atoms with Gasteiger partial charge in [-0.25, -0.2) is 8.42 Å². The summed E-state index contributed by atoms with van der Waals surface area (Å²) in [4.78, 5) is 15.2. The van der Waals surface area contributed by atoms with Crippen LogP contribution in [0.3, 0.4) is 0 Å². The van der Waals surface area contributed by atoms with Crippen LogP contribution in [-0.2, 0) is 26.8 Å². The molecule has 1 amide bonds. The van der Waals surface area contributed by atoms with Gasteiger partial charge in [0.05, 0.1) is 11.5 Å². The van der Waals surface area contributed by atoms with Crippen LogP contribution in [0.5, 0.6) is 0 Å². The SMILES string of the molecule is O=C(CCS(=O)(=O)Cc1ccccc1)NCCc1c[nH]c2ccc(Cl)cc12. The Morgan fingerprint density at radius 1 is 1.11 bits per heavy atom. The number of aromatic amines is 1. The van der Waals surface area contributed by atoms with Gasteiger partial charge < -0.3 is 10.3 Å². The van der Waals surface area contributed by atoms with Gasteiger partial charge in [0.2, 0.25) is 5.91 Å². The first-order valence-electron chi connectivity index (χ1n) is 8.69. The smallest absolute Gasteiger partial charge is 0.221 e. The number of fused-ring (bicyclic) bond motifs is 1. The summed E-state index contributed by atoms with van der Waals surface area (Å²) in [5, 5.41) is 4.48. The van der Waals surface area contributed by atoms with E-state index in [1.54, 1.807) is 24.3 Å². The van der Waals surface area contributed by atoms with Gasteiger partial charge in [-0.1, -0.05) is 41.9 Å². The topological polar surface area (TPSA) is 79.0 Å². The van der Waals surface area contributed by atoms with Gasteiger partial charge in [-0.05, 0) is 35.7 Å². The molecule has 0 saturated carbocycles. The monoisotopic (exact) mass is 404 g/mol. The lowest BCUT2D eigenvalue weighted by atomic mass is 10.1. The summed E-state index contributed by atoms with van der Waals surface area (Å²) in [5.41, 5.74) is 2.79. The Kier molecular flexibility index (Phi) is 6.19. The van der Waals surface area contributed by atoms with E-state index in [4.69, 9.17) is 11.6 Å². The van der Waals surface area contributed by atoms with E-state index in [0.717, 1.165) is 22.0 Å². The van der Waals surface area contributed by atoms with E-state index in [2.05, 4.69) is 10.3 Å². The number of nitrogens with one attached hydrogen (secondary N) is 2. The molecule has 0 unspecified atom stereocenters. The lowest BCUT2D eigenvalue weighted by molar-refractivity contribution is -0.120. The second-order valence-corrected chi connectivity index (χ2v) is 9.05. The van der Waals surface area contributed by atoms with Crippen molar-refractivity contribution in [1.29, 1.82) is 0 Å². The molecule has 1 aromatic heterocycles. The second kappa shape index (κ2) is 8.59. The first-order valence-corrected chi connectivity index (χ1v) is 10.9. The molecule has 0 spiro atoms. The lowest BCUT2D eigenvalue weighted by Gasteiger charge is -2.06. The number of benzene rings is 2. The van der Waals surface area contributed by atoms with Gasteiger partial charge in [-0.2, -0.15) is 0 Å². The van der Waals surface area contributed by atoms with E-state index >= 15 is 0 Å². The van der Waals surface area contributed by atoms with Crippen molar-refractivity contribution in [3.8, 4) is 0 Å². The summed E-state index contributed by atoms with van der Waals surface area (Å²) in [6.07, 6.45) is 2.51. The maximum atomic E-state index is 12.1. The van der Waals surface area contributed by atoms with Gasteiger partial charge in [0.15, 0.2) is 9.84 Å². The second-order valence-electron chi connectivity index (χ2n) is 6.43. The van der Waals surface area contributed by atoms with Crippen LogP contribution in [-0.4, -0.2) is 31.6 Å². The third kappa shape index (κ3) is 5.58. The highest BCUT2D eigenvalue weighted by Gasteiger charge is 2.14. The first-order chi connectivity index (χ1) is 12.9. The van der Waals surface area contributed by atoms with Gasteiger partial charge in [-0.15, -0.1) is 0 Å². The van der Waals surface area contributed by atoms with E-state index in [-0.39, 0.29) is 23.8 Å². The molecule has 0 aliphatic rings. The molecule has 3 aromatic rings. The molecule has 1 heterocycles. The van der Waals surface area contributed by atoms with Gasteiger partial charge >= 0.3 is 0 Å². The molecule has 3 rings (SSSR count). The number of rotatable bonds is 8. The number of aromatic nitrogens is 1. The zero-order valence-corrected chi connectivity index (χ0v) is 16.3. The molecule has 0 radical (unpaired) electrons. The van der Waals surface area contributed by atoms with Crippen molar-refractivity contribution in [3.63, 3.8) is 0 Å². The van der Waals surface area contributed by atoms with E-state index in [0.29, 0.717) is 18.0 Å². The van der Waals surface area contributed by atoms with Gasteiger partial charge in [-0.3, -0.25) is 4.79 Å². The molecule has 0 atom stereocenters. The molecule has 5 nitrogen and oxygen atoms in total. The molecule has 0 aliphatic heterocycles. The highest BCUT2D eigenvalue weighted by atomic mass is 35.5. The van der Waals surface area contributed by atoms with Crippen molar-refractivity contribution in [2.75, 3.05) is 12.3 Å². The van der Waals surface area contributed by atoms with E-state index in [1.807, 2.05) is 30.5 Å². The molecular formula is C20H21ClN2O3S. The minimum absolute atomic E-state index is 0.0329. The Morgan fingerprint density at radius 2 is 1.89 bits per heavy atom. The average Bonchev–Trinajstić information content (AvgIpc) is 3.03. The van der Waals surface area contributed by atoms with Crippen LogP contribution in [0.15, 0.2) is 54.7 Å². The third-order valence-corrected chi connectivity index (χ3v) is 6.15. The Morgan fingerprint density at radius 3 is 2.67 bits per heavy atom.